The number of alkyl carbamates (subject to hydrolysis) is 2. The Bertz CT molecular complexity index is 1440. The number of amides is 2. The van der Waals surface area contributed by atoms with Crippen molar-refractivity contribution in [2.75, 3.05) is 0 Å². The second kappa shape index (κ2) is 15.7. The number of benzene rings is 3. The van der Waals surface area contributed by atoms with E-state index in [1.54, 1.807) is 27.0 Å². The third-order valence-corrected chi connectivity index (χ3v) is 6.96. The Labute approximate surface area is 259 Å². The van der Waals surface area contributed by atoms with Crippen molar-refractivity contribution in [1.82, 2.24) is 15.6 Å². The van der Waals surface area contributed by atoms with Crippen molar-refractivity contribution in [2.24, 2.45) is 0 Å². The second-order valence-electron chi connectivity index (χ2n) is 11.8. The average Bonchev–Trinajstić information content (AvgIpc) is 3.00. The van der Waals surface area contributed by atoms with Gasteiger partial charge in [0.1, 0.15) is 12.2 Å². The summed E-state index contributed by atoms with van der Waals surface area (Å²) in [5.41, 5.74) is 4.13. The van der Waals surface area contributed by atoms with Crippen molar-refractivity contribution >= 4 is 12.2 Å². The van der Waals surface area contributed by atoms with E-state index in [1.807, 2.05) is 103 Å². The zero-order valence-corrected chi connectivity index (χ0v) is 25.5. The van der Waals surface area contributed by atoms with Crippen LogP contribution in [0.5, 0.6) is 0 Å². The molecule has 0 saturated carbocycles. The van der Waals surface area contributed by atoms with E-state index in [1.165, 1.54) is 0 Å². The van der Waals surface area contributed by atoms with Gasteiger partial charge in [0.05, 0.1) is 12.1 Å². The van der Waals surface area contributed by atoms with Crippen molar-refractivity contribution in [2.45, 2.75) is 70.4 Å². The molecule has 3 atom stereocenters. The molecule has 0 aliphatic heterocycles. The minimum atomic E-state index is -1.00. The summed E-state index contributed by atoms with van der Waals surface area (Å²) >= 11 is 0. The lowest BCUT2D eigenvalue weighted by molar-refractivity contribution is 0.0397. The van der Waals surface area contributed by atoms with Crippen molar-refractivity contribution in [1.29, 1.82) is 0 Å². The molecule has 4 rings (SSSR count). The fourth-order valence-electron chi connectivity index (χ4n) is 4.84. The lowest BCUT2D eigenvalue weighted by Crippen LogP contribution is -2.49. The van der Waals surface area contributed by atoms with E-state index < -0.39 is 36.0 Å². The summed E-state index contributed by atoms with van der Waals surface area (Å²) < 4.78 is 11.0. The quantitative estimate of drug-likeness (QED) is 0.173. The molecule has 3 N–H and O–H groups in total. The number of carbonyl (C=O) groups is 2. The smallest absolute Gasteiger partial charge is 0.407 e. The molecule has 0 saturated heterocycles. The zero-order valence-electron chi connectivity index (χ0n) is 25.5. The molecule has 230 valence electrons. The van der Waals surface area contributed by atoms with Gasteiger partial charge in [0.2, 0.25) is 0 Å². The minimum Gasteiger partial charge on any atom is -0.445 e. The van der Waals surface area contributed by atoms with Gasteiger partial charge in [-0.05, 0) is 73.9 Å². The first-order valence-corrected chi connectivity index (χ1v) is 14.8. The van der Waals surface area contributed by atoms with E-state index in [9.17, 15) is 14.7 Å². The van der Waals surface area contributed by atoms with Crippen molar-refractivity contribution in [3.05, 3.63) is 126 Å². The third-order valence-electron chi connectivity index (χ3n) is 6.96. The topological polar surface area (TPSA) is 110 Å². The van der Waals surface area contributed by atoms with E-state index in [0.717, 1.165) is 27.8 Å². The van der Waals surface area contributed by atoms with Crippen LogP contribution in [-0.2, 0) is 28.9 Å². The fraction of sp³-hybridized carbons (Fsp3) is 0.306. The standard InChI is InChI=1S/C36H41N3O5/c1-36(2,3)44-35(42)39-32(22-26-11-6-4-7-12-26)33(40)23-31(38-34(41)43-25-28-13-8-5-9-14-28)21-27-16-18-29(19-17-27)30-15-10-20-37-24-30/h4-20,24,31-33,40H,21-23,25H2,1-3H3,(H,38,41)(H,39,42)/t31-,32-,33-/m0/s1. The van der Waals surface area contributed by atoms with Crippen molar-refractivity contribution < 1.29 is 24.2 Å². The highest BCUT2D eigenvalue weighted by molar-refractivity contribution is 5.68. The van der Waals surface area contributed by atoms with Gasteiger partial charge >= 0.3 is 12.2 Å². The summed E-state index contributed by atoms with van der Waals surface area (Å²) in [7, 11) is 0. The maximum atomic E-state index is 12.9. The summed E-state index contributed by atoms with van der Waals surface area (Å²) in [5, 5.41) is 17.3. The number of hydrogen-bond acceptors (Lipinski definition) is 6. The summed E-state index contributed by atoms with van der Waals surface area (Å²) in [5.74, 6) is 0. The molecule has 1 aromatic heterocycles. The molecule has 0 fully saturated rings. The zero-order chi connectivity index (χ0) is 31.4. The first-order valence-electron chi connectivity index (χ1n) is 14.8. The first-order chi connectivity index (χ1) is 21.1. The number of carbonyl (C=O) groups excluding carboxylic acids is 2. The first kappa shape index (κ1) is 32.2. The number of hydrogen-bond donors (Lipinski definition) is 3. The van der Waals surface area contributed by atoms with E-state index >= 15 is 0 Å². The highest BCUT2D eigenvalue weighted by Crippen LogP contribution is 2.20. The molecule has 3 aromatic carbocycles. The van der Waals surface area contributed by atoms with Crippen LogP contribution >= 0.6 is 0 Å². The van der Waals surface area contributed by atoms with Gasteiger partial charge in [0.25, 0.3) is 0 Å². The molecule has 0 spiro atoms. The van der Waals surface area contributed by atoms with E-state index in [0.29, 0.717) is 12.8 Å². The molecule has 0 aliphatic rings. The maximum absolute atomic E-state index is 12.9. The number of aromatic nitrogens is 1. The van der Waals surface area contributed by atoms with E-state index in [4.69, 9.17) is 9.47 Å². The van der Waals surface area contributed by atoms with Crippen molar-refractivity contribution in [3.63, 3.8) is 0 Å². The van der Waals surface area contributed by atoms with Crippen LogP contribution in [0.2, 0.25) is 0 Å². The fourth-order valence-corrected chi connectivity index (χ4v) is 4.84. The van der Waals surface area contributed by atoms with Gasteiger partial charge < -0.3 is 25.2 Å². The highest BCUT2D eigenvalue weighted by Gasteiger charge is 2.28. The van der Waals surface area contributed by atoms with Crippen molar-refractivity contribution in [3.8, 4) is 11.1 Å². The predicted octanol–water partition coefficient (Wildman–Crippen LogP) is 6.47. The largest absolute Gasteiger partial charge is 0.445 e. The number of nitrogens with one attached hydrogen (secondary N) is 2. The Morgan fingerprint density at radius 2 is 1.39 bits per heavy atom. The Hall–Kier alpha value is -4.69. The SMILES string of the molecule is CC(C)(C)OC(=O)N[C@@H](Cc1ccccc1)[C@@H](O)C[C@H](Cc1ccc(-c2cccnc2)cc1)NC(=O)OCc1ccccc1. The van der Waals surface area contributed by atoms with Crippen LogP contribution in [0.15, 0.2) is 109 Å². The van der Waals surface area contributed by atoms with Gasteiger partial charge in [0, 0.05) is 18.4 Å². The van der Waals surface area contributed by atoms with Gasteiger partial charge in [-0.15, -0.1) is 0 Å². The van der Waals surface area contributed by atoms with Gasteiger partial charge in [-0.1, -0.05) is 91.0 Å². The molecule has 4 aromatic rings. The number of aliphatic hydroxyl groups is 1. The Morgan fingerprint density at radius 3 is 2.00 bits per heavy atom. The van der Waals surface area contributed by atoms with Crippen LogP contribution < -0.4 is 10.6 Å². The predicted molar refractivity (Wildman–Crippen MR) is 171 cm³/mol. The van der Waals surface area contributed by atoms with Crippen LogP contribution in [0.25, 0.3) is 11.1 Å². The average molecular weight is 596 g/mol. The molecule has 0 unspecified atom stereocenters. The van der Waals surface area contributed by atoms with Gasteiger partial charge in [0.15, 0.2) is 0 Å². The molecule has 0 bridgehead atoms. The van der Waals surface area contributed by atoms with Crippen LogP contribution in [0.1, 0.15) is 43.9 Å². The molecule has 0 radical (unpaired) electrons. The molecule has 2 amide bonds. The number of aliphatic hydroxyl groups excluding tert-OH is 1. The van der Waals surface area contributed by atoms with Gasteiger partial charge in [-0.25, -0.2) is 9.59 Å². The molecular weight excluding hydrogens is 554 g/mol. The van der Waals surface area contributed by atoms with Crippen LogP contribution in [0.4, 0.5) is 9.59 Å². The van der Waals surface area contributed by atoms with Crippen LogP contribution in [-0.4, -0.2) is 46.1 Å². The summed E-state index contributed by atoms with van der Waals surface area (Å²) in [6.45, 7) is 5.49. The monoisotopic (exact) mass is 595 g/mol. The Morgan fingerprint density at radius 1 is 0.750 bits per heavy atom. The minimum absolute atomic E-state index is 0.124. The molecule has 0 aliphatic carbocycles. The maximum Gasteiger partial charge on any atom is 0.407 e. The summed E-state index contributed by atoms with van der Waals surface area (Å²) in [4.78, 5) is 29.9. The van der Waals surface area contributed by atoms with Crippen LogP contribution in [0, 0.1) is 0 Å². The number of nitrogens with zero attached hydrogens (tertiary/aromatic N) is 1. The van der Waals surface area contributed by atoms with E-state index in [2.05, 4.69) is 15.6 Å². The molecule has 44 heavy (non-hydrogen) atoms. The Kier molecular flexibility index (Phi) is 11.5. The van der Waals surface area contributed by atoms with E-state index in [-0.39, 0.29) is 13.0 Å². The normalized spacial score (nSPS) is 13.3. The summed E-state index contributed by atoms with van der Waals surface area (Å²) in [6, 6.07) is 29.8. The Balaban J connectivity index is 1.50. The number of rotatable bonds is 12. The second-order valence-corrected chi connectivity index (χ2v) is 11.8. The van der Waals surface area contributed by atoms with Gasteiger partial charge in [-0.3, -0.25) is 4.98 Å². The lowest BCUT2D eigenvalue weighted by atomic mass is 9.93. The number of pyridine rings is 1. The molecule has 8 nitrogen and oxygen atoms in total. The summed E-state index contributed by atoms with van der Waals surface area (Å²) in [6.07, 6.45) is 2.33. The lowest BCUT2D eigenvalue weighted by Gasteiger charge is -2.29. The number of ether oxygens (including phenoxy) is 2. The molecule has 1 heterocycles. The molecule has 8 heteroatoms. The van der Waals surface area contributed by atoms with Crippen LogP contribution in [0.3, 0.4) is 0 Å². The third kappa shape index (κ3) is 10.9. The highest BCUT2D eigenvalue weighted by atomic mass is 16.6. The van der Waals surface area contributed by atoms with Gasteiger partial charge in [-0.2, -0.15) is 0 Å². The molecular formula is C36H41N3O5.